The first-order valence-corrected chi connectivity index (χ1v) is 18.3. The molecule has 0 fully saturated rings. The molecule has 0 aliphatic heterocycles. The highest BCUT2D eigenvalue weighted by atomic mass is 15.0. The van der Waals surface area contributed by atoms with Crippen LogP contribution in [-0.2, 0) is 5.41 Å². The minimum absolute atomic E-state index is 0.246. The maximum Gasteiger partial charge on any atom is 0.160 e. The first kappa shape index (κ1) is 29.9. The normalized spacial score (nSPS) is 13.2. The van der Waals surface area contributed by atoms with Crippen LogP contribution in [0, 0.1) is 0 Å². The van der Waals surface area contributed by atoms with Gasteiger partial charge in [-0.2, -0.15) is 0 Å². The van der Waals surface area contributed by atoms with Crippen molar-refractivity contribution < 1.29 is 0 Å². The highest BCUT2D eigenvalue weighted by molar-refractivity contribution is 6.19. The second kappa shape index (κ2) is 11.1. The van der Waals surface area contributed by atoms with Crippen molar-refractivity contribution in [1.29, 1.82) is 0 Å². The standard InChI is InChI=1S/C49H34N4/c1-49(2)40-22-12-9-21-37(40)45-46(50-48(51-47(45)49)32-15-5-3-6-16-32)31-25-27-34(28-26-31)53-42-24-14-11-20-36(42)39-29-38-35-19-10-13-23-41(35)52(43(38)30-44(39)53)33-17-7-4-8-18-33/h3-30H,1-2H3. The zero-order chi connectivity index (χ0) is 35.3. The highest BCUT2D eigenvalue weighted by Crippen LogP contribution is 2.51. The van der Waals surface area contributed by atoms with E-state index >= 15 is 0 Å². The SMILES string of the molecule is CC1(C)c2ccccc2-c2c(-c3ccc(-n4c5ccccc5c5cc6c7ccccc7n(-c7ccccc7)c6cc54)cc3)nc(-c3ccccc3)nc21. The highest BCUT2D eigenvalue weighted by Gasteiger charge is 2.39. The molecule has 4 nitrogen and oxygen atoms in total. The number of fused-ring (bicyclic) bond motifs is 9. The lowest BCUT2D eigenvalue weighted by Gasteiger charge is -2.21. The average molecular weight is 679 g/mol. The molecule has 0 unspecified atom stereocenters. The second-order valence-electron chi connectivity index (χ2n) is 14.6. The number of nitrogens with zero attached hydrogens (tertiary/aromatic N) is 4. The first-order chi connectivity index (χ1) is 26.1. The lowest BCUT2D eigenvalue weighted by Crippen LogP contribution is -2.17. The Morgan fingerprint density at radius 1 is 0.434 bits per heavy atom. The number of para-hydroxylation sites is 3. The van der Waals surface area contributed by atoms with Crippen LogP contribution < -0.4 is 0 Å². The van der Waals surface area contributed by atoms with Crippen LogP contribution in [0.1, 0.15) is 25.1 Å². The molecule has 3 heterocycles. The van der Waals surface area contributed by atoms with E-state index in [0.29, 0.717) is 0 Å². The Balaban J connectivity index is 1.14. The fraction of sp³-hybridized carbons (Fsp3) is 0.0612. The van der Waals surface area contributed by atoms with Crippen molar-refractivity contribution in [3.05, 3.63) is 181 Å². The van der Waals surface area contributed by atoms with Gasteiger partial charge in [0.15, 0.2) is 5.82 Å². The molecular formula is C49H34N4. The Morgan fingerprint density at radius 3 is 1.64 bits per heavy atom. The second-order valence-corrected chi connectivity index (χ2v) is 14.6. The van der Waals surface area contributed by atoms with Gasteiger partial charge in [0.25, 0.3) is 0 Å². The zero-order valence-corrected chi connectivity index (χ0v) is 29.5. The molecule has 53 heavy (non-hydrogen) atoms. The Morgan fingerprint density at radius 2 is 0.981 bits per heavy atom. The van der Waals surface area contributed by atoms with Crippen LogP contribution in [-0.4, -0.2) is 19.1 Å². The topological polar surface area (TPSA) is 35.6 Å². The van der Waals surface area contributed by atoms with Gasteiger partial charge >= 0.3 is 0 Å². The maximum atomic E-state index is 5.31. The van der Waals surface area contributed by atoms with E-state index in [4.69, 9.17) is 9.97 Å². The van der Waals surface area contributed by atoms with Gasteiger partial charge in [-0.1, -0.05) is 135 Å². The van der Waals surface area contributed by atoms with E-state index in [-0.39, 0.29) is 5.41 Å². The minimum atomic E-state index is -0.246. The van der Waals surface area contributed by atoms with Gasteiger partial charge in [-0.15, -0.1) is 0 Å². The predicted octanol–water partition coefficient (Wildman–Crippen LogP) is 12.3. The molecule has 0 bridgehead atoms. The summed E-state index contributed by atoms with van der Waals surface area (Å²) in [6.45, 7) is 4.56. The van der Waals surface area contributed by atoms with Gasteiger partial charge in [0.2, 0.25) is 0 Å². The van der Waals surface area contributed by atoms with Crippen LogP contribution >= 0.6 is 0 Å². The van der Waals surface area contributed by atoms with Crippen molar-refractivity contribution >= 4 is 43.6 Å². The fourth-order valence-electron chi connectivity index (χ4n) is 8.80. The predicted molar refractivity (Wildman–Crippen MR) is 219 cm³/mol. The van der Waals surface area contributed by atoms with Crippen LogP contribution in [0.2, 0.25) is 0 Å². The summed E-state index contributed by atoms with van der Waals surface area (Å²) < 4.78 is 4.81. The summed E-state index contributed by atoms with van der Waals surface area (Å²) >= 11 is 0. The maximum absolute atomic E-state index is 5.31. The van der Waals surface area contributed by atoms with Crippen LogP contribution in [0.3, 0.4) is 0 Å². The van der Waals surface area contributed by atoms with Crippen LogP contribution in [0.4, 0.5) is 0 Å². The van der Waals surface area contributed by atoms with Crippen molar-refractivity contribution in [3.8, 4) is 45.1 Å². The van der Waals surface area contributed by atoms with Gasteiger partial charge in [-0.05, 0) is 59.7 Å². The summed E-state index contributed by atoms with van der Waals surface area (Å²) in [6.07, 6.45) is 0. The third kappa shape index (κ3) is 4.30. The van der Waals surface area contributed by atoms with E-state index in [1.807, 2.05) is 6.07 Å². The first-order valence-electron chi connectivity index (χ1n) is 18.3. The van der Waals surface area contributed by atoms with Gasteiger partial charge in [0, 0.05) is 55.0 Å². The minimum Gasteiger partial charge on any atom is -0.309 e. The van der Waals surface area contributed by atoms with Gasteiger partial charge in [-0.3, -0.25) is 0 Å². The molecule has 1 aliphatic carbocycles. The molecule has 0 N–H and O–H groups in total. The number of rotatable bonds is 4. The lowest BCUT2D eigenvalue weighted by atomic mass is 9.85. The van der Waals surface area contributed by atoms with Crippen molar-refractivity contribution in [3.63, 3.8) is 0 Å². The molecule has 0 spiro atoms. The Hall–Kier alpha value is -6.78. The van der Waals surface area contributed by atoms with E-state index in [9.17, 15) is 0 Å². The third-order valence-corrected chi connectivity index (χ3v) is 11.3. The Kier molecular flexibility index (Phi) is 6.27. The Labute approximate surface area is 307 Å². The van der Waals surface area contributed by atoms with E-state index in [2.05, 4.69) is 187 Å². The fourth-order valence-corrected chi connectivity index (χ4v) is 8.80. The molecule has 4 heteroatoms. The number of hydrogen-bond donors (Lipinski definition) is 0. The molecule has 10 aromatic rings. The molecule has 1 aliphatic rings. The number of hydrogen-bond acceptors (Lipinski definition) is 2. The summed E-state index contributed by atoms with van der Waals surface area (Å²) in [7, 11) is 0. The van der Waals surface area contributed by atoms with Gasteiger partial charge in [-0.25, -0.2) is 9.97 Å². The van der Waals surface area contributed by atoms with Crippen molar-refractivity contribution in [1.82, 2.24) is 19.1 Å². The molecule has 0 atom stereocenters. The van der Waals surface area contributed by atoms with Crippen LogP contribution in [0.5, 0.6) is 0 Å². The molecule has 0 radical (unpaired) electrons. The molecule has 250 valence electrons. The van der Waals surface area contributed by atoms with E-state index in [1.54, 1.807) is 0 Å². The summed E-state index contributed by atoms with van der Waals surface area (Å²) in [4.78, 5) is 10.6. The summed E-state index contributed by atoms with van der Waals surface area (Å²) in [5, 5.41) is 5.00. The summed E-state index contributed by atoms with van der Waals surface area (Å²) in [5.74, 6) is 0.754. The molecule has 11 rings (SSSR count). The van der Waals surface area contributed by atoms with Crippen molar-refractivity contribution in [2.75, 3.05) is 0 Å². The van der Waals surface area contributed by atoms with Gasteiger partial charge in [0.1, 0.15) is 0 Å². The van der Waals surface area contributed by atoms with Crippen LogP contribution in [0.25, 0.3) is 88.8 Å². The summed E-state index contributed by atoms with van der Waals surface area (Å²) in [6, 6.07) is 61.0. The van der Waals surface area contributed by atoms with E-state index in [1.165, 1.54) is 54.7 Å². The number of aromatic nitrogens is 4. The van der Waals surface area contributed by atoms with Crippen molar-refractivity contribution in [2.45, 2.75) is 19.3 Å². The molecule has 0 saturated heterocycles. The third-order valence-electron chi connectivity index (χ3n) is 11.3. The molecule has 3 aromatic heterocycles. The molecule has 0 saturated carbocycles. The molecular weight excluding hydrogens is 645 g/mol. The van der Waals surface area contributed by atoms with Gasteiger partial charge in [0.05, 0.1) is 33.5 Å². The average Bonchev–Trinajstić information content (AvgIpc) is 3.80. The largest absolute Gasteiger partial charge is 0.309 e. The Bertz CT molecular complexity index is 3060. The van der Waals surface area contributed by atoms with E-state index < -0.39 is 0 Å². The van der Waals surface area contributed by atoms with E-state index in [0.717, 1.165) is 45.3 Å². The quantitative estimate of drug-likeness (QED) is 0.186. The smallest absolute Gasteiger partial charge is 0.160 e. The van der Waals surface area contributed by atoms with Crippen molar-refractivity contribution in [2.24, 2.45) is 0 Å². The monoisotopic (exact) mass is 678 g/mol. The zero-order valence-electron chi connectivity index (χ0n) is 29.5. The number of benzene rings is 7. The van der Waals surface area contributed by atoms with Crippen LogP contribution in [0.15, 0.2) is 170 Å². The molecule has 0 amide bonds. The summed E-state index contributed by atoms with van der Waals surface area (Å²) in [5.41, 5.74) is 14.5. The van der Waals surface area contributed by atoms with Gasteiger partial charge < -0.3 is 9.13 Å². The lowest BCUT2D eigenvalue weighted by molar-refractivity contribution is 0.636. The molecule has 7 aromatic carbocycles.